The molecule has 2 aromatic rings. The van der Waals surface area contributed by atoms with E-state index in [1.54, 1.807) is 30.6 Å². The summed E-state index contributed by atoms with van der Waals surface area (Å²) in [5, 5.41) is 3.11. The van der Waals surface area contributed by atoms with Crippen LogP contribution in [-0.2, 0) is 6.18 Å². The van der Waals surface area contributed by atoms with Gasteiger partial charge in [-0.3, -0.25) is 4.98 Å². The molecule has 1 heterocycles. The third-order valence-electron chi connectivity index (χ3n) is 6.55. The summed E-state index contributed by atoms with van der Waals surface area (Å²) in [7, 11) is 0. The number of alkyl halides is 3. The molecule has 6 heteroatoms. The van der Waals surface area contributed by atoms with Crippen molar-refractivity contribution in [2.45, 2.75) is 57.0 Å². The fourth-order valence-electron chi connectivity index (χ4n) is 5.05. The Morgan fingerprint density at radius 2 is 1.69 bits per heavy atom. The van der Waals surface area contributed by atoms with Gasteiger partial charge >= 0.3 is 6.18 Å². The maximum atomic E-state index is 13.4. The van der Waals surface area contributed by atoms with E-state index in [1.165, 1.54) is 44.2 Å². The molecule has 1 unspecified atom stereocenters. The van der Waals surface area contributed by atoms with Crippen LogP contribution in [0.1, 0.15) is 67.6 Å². The topological polar surface area (TPSA) is 24.9 Å². The summed E-state index contributed by atoms with van der Waals surface area (Å²) >= 11 is 5.47. The first kappa shape index (κ1) is 20.3. The highest BCUT2D eigenvalue weighted by molar-refractivity contribution is 7.81. The molecule has 1 aromatic heterocycles. The lowest BCUT2D eigenvalue weighted by atomic mass is 9.66. The van der Waals surface area contributed by atoms with Gasteiger partial charge in [-0.05, 0) is 66.8 Å². The minimum absolute atomic E-state index is 0.277. The first-order valence-corrected chi connectivity index (χ1v) is 10.7. The van der Waals surface area contributed by atoms with E-state index in [9.17, 15) is 13.2 Å². The van der Waals surface area contributed by atoms with Gasteiger partial charge in [0.15, 0.2) is 0 Å². The van der Waals surface area contributed by atoms with Gasteiger partial charge in [0, 0.05) is 23.6 Å². The van der Waals surface area contributed by atoms with Crippen molar-refractivity contribution in [3.63, 3.8) is 0 Å². The summed E-state index contributed by atoms with van der Waals surface area (Å²) in [6.45, 7) is 0. The lowest BCUT2D eigenvalue weighted by Crippen LogP contribution is -2.27. The molecule has 0 saturated heterocycles. The zero-order valence-corrected chi connectivity index (χ0v) is 17.0. The number of pyridine rings is 1. The van der Waals surface area contributed by atoms with Gasteiger partial charge in [-0.2, -0.15) is 13.2 Å². The van der Waals surface area contributed by atoms with Crippen LogP contribution >= 0.6 is 12.2 Å². The number of fused-ring (bicyclic) bond motifs is 1. The zero-order chi connectivity index (χ0) is 20.4. The molecule has 2 aliphatic carbocycles. The van der Waals surface area contributed by atoms with E-state index < -0.39 is 11.7 Å². The van der Waals surface area contributed by atoms with Crippen molar-refractivity contribution in [2.75, 3.05) is 5.32 Å². The molecule has 0 aliphatic heterocycles. The second-order valence-corrected chi connectivity index (χ2v) is 8.71. The predicted octanol–water partition coefficient (Wildman–Crippen LogP) is 6.96. The molecule has 3 atom stereocenters. The Morgan fingerprint density at radius 3 is 2.41 bits per heavy atom. The van der Waals surface area contributed by atoms with E-state index in [0.717, 1.165) is 29.9 Å². The molecule has 29 heavy (non-hydrogen) atoms. The molecule has 0 spiro atoms. The summed E-state index contributed by atoms with van der Waals surface area (Å²) in [5.41, 5.74) is 1.54. The molecular weight excluding hydrogens is 393 g/mol. The lowest BCUT2D eigenvalue weighted by Gasteiger charge is -2.40. The Hall–Kier alpha value is -1.95. The number of nitrogens with zero attached hydrogens (tertiary/aromatic N) is 1. The zero-order valence-electron chi connectivity index (χ0n) is 16.2. The van der Waals surface area contributed by atoms with Crippen LogP contribution in [0, 0.1) is 11.8 Å². The van der Waals surface area contributed by atoms with E-state index in [1.807, 2.05) is 0 Å². The Bertz CT molecular complexity index is 866. The fraction of sp³-hybridized carbons (Fsp3) is 0.478. The van der Waals surface area contributed by atoms with E-state index >= 15 is 0 Å². The molecule has 1 N–H and O–H groups in total. The van der Waals surface area contributed by atoms with Crippen LogP contribution in [0.25, 0.3) is 0 Å². The van der Waals surface area contributed by atoms with Crippen molar-refractivity contribution in [2.24, 2.45) is 11.8 Å². The van der Waals surface area contributed by atoms with Gasteiger partial charge in [0.25, 0.3) is 0 Å². The monoisotopic (exact) mass is 418 g/mol. The molecule has 2 aliphatic rings. The number of thiocarbonyl (C=S) groups is 1. The number of benzene rings is 1. The molecule has 1 aromatic carbocycles. The highest BCUT2D eigenvalue weighted by Gasteiger charge is 2.35. The van der Waals surface area contributed by atoms with E-state index in [4.69, 9.17) is 12.2 Å². The lowest BCUT2D eigenvalue weighted by molar-refractivity contribution is -0.137. The summed E-state index contributed by atoms with van der Waals surface area (Å²) in [5.74, 6) is 1.77. The van der Waals surface area contributed by atoms with Crippen LogP contribution in [0.2, 0.25) is 0 Å². The van der Waals surface area contributed by atoms with Crippen LogP contribution in [0.3, 0.4) is 0 Å². The molecule has 4 rings (SSSR count). The smallest absolute Gasteiger partial charge is 0.346 e. The predicted molar refractivity (Wildman–Crippen MR) is 113 cm³/mol. The van der Waals surface area contributed by atoms with Crippen molar-refractivity contribution in [1.82, 2.24) is 4.98 Å². The summed E-state index contributed by atoms with van der Waals surface area (Å²) in [4.78, 5) is 4.39. The summed E-state index contributed by atoms with van der Waals surface area (Å²) in [6, 6.07) is 7.61. The van der Waals surface area contributed by atoms with Gasteiger partial charge in [-0.25, -0.2) is 0 Å². The fourth-order valence-corrected chi connectivity index (χ4v) is 5.30. The van der Waals surface area contributed by atoms with E-state index in [2.05, 4.69) is 10.3 Å². The van der Waals surface area contributed by atoms with Crippen LogP contribution < -0.4 is 5.32 Å². The minimum Gasteiger partial charge on any atom is -0.346 e. The van der Waals surface area contributed by atoms with Crippen LogP contribution in [-0.4, -0.2) is 9.97 Å². The third kappa shape index (κ3) is 4.63. The third-order valence-corrected chi connectivity index (χ3v) is 6.89. The first-order chi connectivity index (χ1) is 13.9. The summed E-state index contributed by atoms with van der Waals surface area (Å²) in [6.07, 6.45) is 7.29. The Morgan fingerprint density at radius 1 is 0.966 bits per heavy atom. The van der Waals surface area contributed by atoms with Crippen LogP contribution in [0.15, 0.2) is 42.7 Å². The Balaban J connectivity index is 1.63. The number of hydrogen-bond donors (Lipinski definition) is 1. The van der Waals surface area contributed by atoms with Crippen LogP contribution in [0.5, 0.6) is 0 Å². The van der Waals surface area contributed by atoms with Gasteiger partial charge in [-0.1, -0.05) is 44.0 Å². The number of rotatable bonds is 3. The average molecular weight is 419 g/mol. The number of hydrogen-bond acceptors (Lipinski definition) is 2. The SMILES string of the molecule is FC(F)(F)c1ccc(C2CC[C@H]3CCCC[C@@H]3C2)c(NC(=S)c2ccncc2)c1. The molecule has 0 bridgehead atoms. The second-order valence-electron chi connectivity index (χ2n) is 8.30. The molecule has 0 amide bonds. The molecule has 2 fully saturated rings. The Labute approximate surface area is 174 Å². The normalized spacial score (nSPS) is 24.6. The van der Waals surface area contributed by atoms with Crippen LogP contribution in [0.4, 0.5) is 18.9 Å². The largest absolute Gasteiger partial charge is 0.416 e. The number of aromatic nitrogens is 1. The van der Waals surface area contributed by atoms with Crippen molar-refractivity contribution in [1.29, 1.82) is 0 Å². The number of halogens is 3. The first-order valence-electron chi connectivity index (χ1n) is 10.3. The van der Waals surface area contributed by atoms with Gasteiger partial charge < -0.3 is 5.32 Å². The molecular formula is C23H25F3N2S. The quantitative estimate of drug-likeness (QED) is 0.545. The minimum atomic E-state index is -4.38. The van der Waals surface area contributed by atoms with Gasteiger partial charge in [-0.15, -0.1) is 0 Å². The molecule has 2 nitrogen and oxygen atoms in total. The second kappa shape index (κ2) is 8.42. The molecule has 154 valence electrons. The van der Waals surface area contributed by atoms with Gasteiger partial charge in [0.1, 0.15) is 4.99 Å². The van der Waals surface area contributed by atoms with Gasteiger partial charge in [0.2, 0.25) is 0 Å². The van der Waals surface area contributed by atoms with Crippen molar-refractivity contribution < 1.29 is 13.2 Å². The maximum Gasteiger partial charge on any atom is 0.416 e. The van der Waals surface area contributed by atoms with E-state index in [0.29, 0.717) is 16.6 Å². The number of nitrogens with one attached hydrogen (secondary N) is 1. The standard InChI is InChI=1S/C23H25F3N2S/c24-23(25,26)19-7-8-20(18-6-5-15-3-1-2-4-17(15)13-18)21(14-19)28-22(29)16-9-11-27-12-10-16/h7-12,14-15,17-18H,1-6,13H2,(H,28,29)/t15-,17-,18?/m1/s1. The van der Waals surface area contributed by atoms with Crippen molar-refractivity contribution in [3.8, 4) is 0 Å². The Kier molecular flexibility index (Phi) is 5.91. The highest BCUT2D eigenvalue weighted by Crippen LogP contribution is 2.48. The van der Waals surface area contributed by atoms with Crippen molar-refractivity contribution in [3.05, 3.63) is 59.4 Å². The molecule has 2 saturated carbocycles. The average Bonchev–Trinajstić information content (AvgIpc) is 2.73. The van der Waals surface area contributed by atoms with Crippen molar-refractivity contribution >= 4 is 22.9 Å². The number of anilines is 1. The maximum absolute atomic E-state index is 13.4. The molecule has 0 radical (unpaired) electrons. The van der Waals surface area contributed by atoms with E-state index in [-0.39, 0.29) is 5.92 Å². The highest BCUT2D eigenvalue weighted by atomic mass is 32.1. The summed E-state index contributed by atoms with van der Waals surface area (Å²) < 4.78 is 40.1. The van der Waals surface area contributed by atoms with Gasteiger partial charge in [0.05, 0.1) is 5.56 Å².